The highest BCUT2D eigenvalue weighted by Crippen LogP contribution is 2.36. The van der Waals surface area contributed by atoms with Gasteiger partial charge in [0.1, 0.15) is 11.5 Å². The highest BCUT2D eigenvalue weighted by molar-refractivity contribution is 5.67. The number of aliphatic hydroxyl groups excluding tert-OH is 1. The van der Waals surface area contributed by atoms with E-state index in [1.54, 1.807) is 25.1 Å². The van der Waals surface area contributed by atoms with Crippen LogP contribution in [0.5, 0.6) is 11.5 Å². The van der Waals surface area contributed by atoms with E-state index in [9.17, 15) is 9.90 Å². The van der Waals surface area contributed by atoms with E-state index in [0.29, 0.717) is 24.5 Å². The predicted octanol–water partition coefficient (Wildman–Crippen LogP) is 4.60. The summed E-state index contributed by atoms with van der Waals surface area (Å²) in [5.74, 6) is 0.412. The van der Waals surface area contributed by atoms with E-state index >= 15 is 0 Å². The lowest BCUT2D eigenvalue weighted by Gasteiger charge is -2.25. The van der Waals surface area contributed by atoms with Crippen LogP contribution in [0.15, 0.2) is 54.9 Å². The number of aliphatic hydroxyl groups is 1. The maximum Gasteiger partial charge on any atom is 0.303 e. The van der Waals surface area contributed by atoms with Crippen molar-refractivity contribution < 1.29 is 24.5 Å². The smallest absolute Gasteiger partial charge is 0.303 e. The number of carboxylic acid groups (broad SMARTS) is 1. The Kier molecular flexibility index (Phi) is 9.10. The van der Waals surface area contributed by atoms with E-state index in [4.69, 9.17) is 14.6 Å². The van der Waals surface area contributed by atoms with Gasteiger partial charge in [-0.05, 0) is 61.4 Å². The van der Waals surface area contributed by atoms with Gasteiger partial charge in [-0.2, -0.15) is 5.10 Å². The molecule has 0 aliphatic rings. The molecule has 3 aromatic rings. The molecule has 0 radical (unpaired) electrons. The molecule has 2 atom stereocenters. The maximum atomic E-state index is 11.4. The summed E-state index contributed by atoms with van der Waals surface area (Å²) >= 11 is 0. The largest absolute Gasteiger partial charge is 0.496 e. The van der Waals surface area contributed by atoms with E-state index in [1.165, 1.54) is 5.56 Å². The van der Waals surface area contributed by atoms with Crippen LogP contribution in [-0.4, -0.2) is 40.2 Å². The Bertz CT molecular complexity index is 1040. The molecule has 0 saturated heterocycles. The number of rotatable bonds is 13. The zero-order chi connectivity index (χ0) is 24.5. The molecule has 2 N–H and O–H groups in total. The van der Waals surface area contributed by atoms with E-state index < -0.39 is 12.1 Å². The quantitative estimate of drug-likeness (QED) is 0.382. The van der Waals surface area contributed by atoms with Gasteiger partial charge < -0.3 is 19.7 Å². The van der Waals surface area contributed by atoms with E-state index in [1.807, 2.05) is 43.5 Å². The molecule has 1 aromatic heterocycles. The van der Waals surface area contributed by atoms with Crippen LogP contribution in [0.1, 0.15) is 47.6 Å². The number of carbonyl (C=O) groups is 1. The van der Waals surface area contributed by atoms with Crippen molar-refractivity contribution in [1.82, 2.24) is 9.78 Å². The van der Waals surface area contributed by atoms with Gasteiger partial charge in [0.25, 0.3) is 0 Å². The topological polar surface area (TPSA) is 93.8 Å². The van der Waals surface area contributed by atoms with Crippen molar-refractivity contribution in [3.05, 3.63) is 77.1 Å². The van der Waals surface area contributed by atoms with E-state index in [2.05, 4.69) is 17.2 Å². The molecule has 1 unspecified atom stereocenters. The number of hydrogen-bond acceptors (Lipinski definition) is 5. The molecule has 0 saturated carbocycles. The van der Waals surface area contributed by atoms with Crippen LogP contribution in [0.3, 0.4) is 0 Å². The molecule has 0 aliphatic heterocycles. The zero-order valence-electron chi connectivity index (χ0n) is 20.1. The first-order chi connectivity index (χ1) is 16.4. The minimum absolute atomic E-state index is 0.0672. The number of carboxylic acids is 1. The summed E-state index contributed by atoms with van der Waals surface area (Å²) in [6.07, 6.45) is 5.96. The second-order valence-corrected chi connectivity index (χ2v) is 8.60. The third-order valence-corrected chi connectivity index (χ3v) is 6.18. The molecular formula is C27H34N2O5. The fourth-order valence-corrected chi connectivity index (χ4v) is 4.24. The highest BCUT2D eigenvalue weighted by Gasteiger charge is 2.24. The molecule has 7 heteroatoms. The molecular weight excluding hydrogens is 432 g/mol. The molecule has 0 spiro atoms. The number of benzene rings is 2. The average molecular weight is 467 g/mol. The normalized spacial score (nSPS) is 12.8. The Morgan fingerprint density at radius 3 is 2.35 bits per heavy atom. The summed E-state index contributed by atoms with van der Waals surface area (Å²) in [6, 6.07) is 14.0. The van der Waals surface area contributed by atoms with E-state index in [0.717, 1.165) is 36.0 Å². The van der Waals surface area contributed by atoms with Crippen LogP contribution in [-0.2, 0) is 24.2 Å². The monoisotopic (exact) mass is 466 g/mol. The van der Waals surface area contributed by atoms with Gasteiger partial charge in [-0.25, -0.2) is 0 Å². The molecule has 182 valence electrons. The zero-order valence-corrected chi connectivity index (χ0v) is 20.1. The lowest BCUT2D eigenvalue weighted by Crippen LogP contribution is -2.20. The summed E-state index contributed by atoms with van der Waals surface area (Å²) < 4.78 is 12.8. The minimum Gasteiger partial charge on any atom is -0.496 e. The van der Waals surface area contributed by atoms with Crippen molar-refractivity contribution in [1.29, 1.82) is 0 Å². The molecule has 0 amide bonds. The highest BCUT2D eigenvalue weighted by atomic mass is 16.5. The Morgan fingerprint density at radius 2 is 1.74 bits per heavy atom. The Hall–Kier alpha value is -3.32. The van der Waals surface area contributed by atoms with Gasteiger partial charge in [0.05, 0.1) is 26.5 Å². The number of aryl methyl sites for hydroxylation is 2. The first kappa shape index (κ1) is 25.3. The van der Waals surface area contributed by atoms with Gasteiger partial charge in [-0.3, -0.25) is 9.48 Å². The number of nitrogens with zero attached hydrogens (tertiary/aromatic N) is 2. The van der Waals surface area contributed by atoms with Crippen LogP contribution in [0, 0.1) is 12.8 Å². The third-order valence-electron chi connectivity index (χ3n) is 6.18. The maximum absolute atomic E-state index is 11.4. The Balaban J connectivity index is 1.79. The molecule has 2 aromatic carbocycles. The van der Waals surface area contributed by atoms with Gasteiger partial charge in [-0.15, -0.1) is 0 Å². The van der Waals surface area contributed by atoms with Crippen LogP contribution in [0.4, 0.5) is 0 Å². The summed E-state index contributed by atoms with van der Waals surface area (Å²) in [5, 5.41) is 24.8. The molecule has 1 heterocycles. The second kappa shape index (κ2) is 12.2. The van der Waals surface area contributed by atoms with Gasteiger partial charge in [0.15, 0.2) is 0 Å². The first-order valence-electron chi connectivity index (χ1n) is 11.6. The standard InChI is InChI=1S/C27H34N2O5/c1-19-24(33-2)14-23(15-25(19)34-3)27(32)22(11-7-10-20-8-5-4-6-9-20)18-29-17-21(16-28-29)12-13-26(30)31/h4-6,8-9,14-17,22,27,32H,7,10-13,18H2,1-3H3,(H,30,31)/t22-,27?/m1/s1. The molecule has 0 aliphatic carbocycles. The fourth-order valence-electron chi connectivity index (χ4n) is 4.24. The van der Waals surface area contributed by atoms with Gasteiger partial charge >= 0.3 is 5.97 Å². The van der Waals surface area contributed by atoms with Crippen molar-refractivity contribution in [3.8, 4) is 11.5 Å². The van der Waals surface area contributed by atoms with Crippen molar-refractivity contribution >= 4 is 5.97 Å². The Morgan fingerprint density at radius 1 is 1.06 bits per heavy atom. The van der Waals surface area contributed by atoms with Crippen LogP contribution in [0.25, 0.3) is 0 Å². The lowest BCUT2D eigenvalue weighted by molar-refractivity contribution is -0.136. The number of ether oxygens (including phenoxy) is 2. The first-order valence-corrected chi connectivity index (χ1v) is 11.6. The predicted molar refractivity (Wildman–Crippen MR) is 130 cm³/mol. The van der Waals surface area contributed by atoms with Gasteiger partial charge in [0.2, 0.25) is 0 Å². The lowest BCUT2D eigenvalue weighted by atomic mass is 9.89. The summed E-state index contributed by atoms with van der Waals surface area (Å²) in [7, 11) is 3.22. The summed E-state index contributed by atoms with van der Waals surface area (Å²) in [5.41, 5.74) is 3.77. The van der Waals surface area contributed by atoms with Crippen LogP contribution in [0.2, 0.25) is 0 Å². The number of aliphatic carboxylic acids is 1. The third kappa shape index (κ3) is 6.84. The number of aromatic nitrogens is 2. The Labute approximate surface area is 201 Å². The van der Waals surface area contributed by atoms with Crippen molar-refractivity contribution in [3.63, 3.8) is 0 Å². The summed E-state index contributed by atoms with van der Waals surface area (Å²) in [4.78, 5) is 10.9. The van der Waals surface area contributed by atoms with E-state index in [-0.39, 0.29) is 12.3 Å². The van der Waals surface area contributed by atoms with Crippen LogP contribution < -0.4 is 9.47 Å². The summed E-state index contributed by atoms with van der Waals surface area (Å²) in [6.45, 7) is 2.44. The SMILES string of the molecule is COc1cc(C(O)[C@H](CCCc2ccccc2)Cn2cc(CCC(=O)O)cn2)cc(OC)c1C. The van der Waals surface area contributed by atoms with Gasteiger partial charge in [-0.1, -0.05) is 30.3 Å². The second-order valence-electron chi connectivity index (χ2n) is 8.60. The molecule has 0 fully saturated rings. The average Bonchev–Trinajstić information content (AvgIpc) is 3.30. The number of methoxy groups -OCH3 is 2. The molecule has 7 nitrogen and oxygen atoms in total. The molecule has 0 bridgehead atoms. The molecule has 34 heavy (non-hydrogen) atoms. The van der Waals surface area contributed by atoms with Gasteiger partial charge in [0, 0.05) is 30.6 Å². The van der Waals surface area contributed by atoms with Crippen molar-refractivity contribution in [2.24, 2.45) is 5.92 Å². The molecule has 3 rings (SSSR count). The minimum atomic E-state index is -0.829. The van der Waals surface area contributed by atoms with Crippen molar-refractivity contribution in [2.75, 3.05) is 14.2 Å². The fraction of sp³-hybridized carbons (Fsp3) is 0.407. The number of hydrogen-bond donors (Lipinski definition) is 2. The van der Waals surface area contributed by atoms with Crippen LogP contribution >= 0.6 is 0 Å². The van der Waals surface area contributed by atoms with Crippen molar-refractivity contribution in [2.45, 2.75) is 51.7 Å².